The van der Waals surface area contributed by atoms with E-state index in [1.165, 1.54) is 0 Å². The van der Waals surface area contributed by atoms with Gasteiger partial charge < -0.3 is 15.2 Å². The Morgan fingerprint density at radius 1 is 0.862 bits per heavy atom. The lowest BCUT2D eigenvalue weighted by molar-refractivity contribution is -0.202. The van der Waals surface area contributed by atoms with Gasteiger partial charge in [-0.2, -0.15) is 13.2 Å². The number of aliphatic hydroxyl groups excluding tert-OH is 1. The summed E-state index contributed by atoms with van der Waals surface area (Å²) in [6, 6.07) is 23.0. The molecule has 0 saturated heterocycles. The minimum atomic E-state index is -4.69. The lowest BCUT2D eigenvalue weighted by Gasteiger charge is -2.23. The van der Waals surface area contributed by atoms with Crippen LogP contribution in [0.25, 0.3) is 0 Å². The first-order chi connectivity index (χ1) is 13.8. The number of aliphatic hydroxyl groups is 1. The van der Waals surface area contributed by atoms with E-state index in [0.29, 0.717) is 17.1 Å². The van der Waals surface area contributed by atoms with E-state index in [-0.39, 0.29) is 0 Å². The standard InChI is InChI=1S/C22H19BrF3NO2/c23-17-8-4-6-15(12-17)21(27-14-20(28)22(24,25)26)16-7-5-11-19(13-16)29-18-9-2-1-3-10-18/h1-13,20-21,27-28H,14H2. The van der Waals surface area contributed by atoms with Crippen LogP contribution in [0.2, 0.25) is 0 Å². The number of halogens is 4. The van der Waals surface area contributed by atoms with Crippen molar-refractivity contribution in [1.82, 2.24) is 5.32 Å². The number of alkyl halides is 3. The van der Waals surface area contributed by atoms with E-state index < -0.39 is 24.9 Å². The lowest BCUT2D eigenvalue weighted by Crippen LogP contribution is -2.40. The van der Waals surface area contributed by atoms with Gasteiger partial charge >= 0.3 is 6.18 Å². The van der Waals surface area contributed by atoms with E-state index in [0.717, 1.165) is 10.0 Å². The molecule has 0 saturated carbocycles. The maximum atomic E-state index is 12.8. The molecule has 0 fully saturated rings. The second-order valence-corrected chi connectivity index (χ2v) is 7.36. The van der Waals surface area contributed by atoms with Gasteiger partial charge in [-0.25, -0.2) is 0 Å². The minimum Gasteiger partial charge on any atom is -0.457 e. The van der Waals surface area contributed by atoms with Crippen LogP contribution >= 0.6 is 15.9 Å². The number of hydrogen-bond donors (Lipinski definition) is 2. The van der Waals surface area contributed by atoms with Crippen LogP contribution in [0.3, 0.4) is 0 Å². The molecule has 7 heteroatoms. The van der Waals surface area contributed by atoms with Gasteiger partial charge in [-0.05, 0) is 47.5 Å². The van der Waals surface area contributed by atoms with E-state index >= 15 is 0 Å². The molecule has 2 N–H and O–H groups in total. The first-order valence-electron chi connectivity index (χ1n) is 8.89. The third-order valence-corrected chi connectivity index (χ3v) is 4.74. The van der Waals surface area contributed by atoms with Crippen LogP contribution in [0.15, 0.2) is 83.3 Å². The summed E-state index contributed by atoms with van der Waals surface area (Å²) in [5.41, 5.74) is 1.47. The molecular formula is C22H19BrF3NO2. The van der Waals surface area contributed by atoms with Gasteiger partial charge in [0.2, 0.25) is 0 Å². The molecule has 0 amide bonds. The fraction of sp³-hybridized carbons (Fsp3) is 0.182. The predicted molar refractivity (Wildman–Crippen MR) is 109 cm³/mol. The Hall–Kier alpha value is -2.35. The quantitative estimate of drug-likeness (QED) is 0.460. The number of ether oxygens (including phenoxy) is 1. The van der Waals surface area contributed by atoms with Crippen LogP contribution in [-0.4, -0.2) is 23.9 Å². The number of rotatable bonds is 7. The number of nitrogens with one attached hydrogen (secondary N) is 1. The largest absolute Gasteiger partial charge is 0.457 e. The van der Waals surface area contributed by atoms with Crippen LogP contribution < -0.4 is 10.1 Å². The van der Waals surface area contributed by atoms with Crippen LogP contribution in [0, 0.1) is 0 Å². The van der Waals surface area contributed by atoms with Crippen LogP contribution in [-0.2, 0) is 0 Å². The molecule has 0 bridgehead atoms. The van der Waals surface area contributed by atoms with Crippen LogP contribution in [0.1, 0.15) is 17.2 Å². The summed E-state index contributed by atoms with van der Waals surface area (Å²) in [7, 11) is 0. The summed E-state index contributed by atoms with van der Waals surface area (Å²) in [6.45, 7) is -0.634. The summed E-state index contributed by atoms with van der Waals surface area (Å²) >= 11 is 3.39. The van der Waals surface area contributed by atoms with Gasteiger partial charge in [0.1, 0.15) is 11.5 Å². The molecule has 0 aromatic heterocycles. The molecule has 3 rings (SSSR count). The Balaban J connectivity index is 1.88. The average Bonchev–Trinajstić information content (AvgIpc) is 2.68. The molecule has 3 nitrogen and oxygen atoms in total. The number of hydrogen-bond acceptors (Lipinski definition) is 3. The van der Waals surface area contributed by atoms with Crippen molar-refractivity contribution in [2.24, 2.45) is 0 Å². The van der Waals surface area contributed by atoms with Crippen LogP contribution in [0.4, 0.5) is 13.2 Å². The van der Waals surface area contributed by atoms with Crippen molar-refractivity contribution in [1.29, 1.82) is 0 Å². The third kappa shape index (κ3) is 6.06. The smallest absolute Gasteiger partial charge is 0.415 e. The second-order valence-electron chi connectivity index (χ2n) is 6.44. The highest BCUT2D eigenvalue weighted by Crippen LogP contribution is 2.30. The molecule has 0 aliphatic heterocycles. The molecule has 0 spiro atoms. The van der Waals surface area contributed by atoms with Gasteiger partial charge in [0.05, 0.1) is 6.04 Å². The second kappa shape index (κ2) is 9.43. The summed E-state index contributed by atoms with van der Waals surface area (Å²) in [5.74, 6) is 1.22. The molecule has 152 valence electrons. The Morgan fingerprint density at radius 3 is 2.14 bits per heavy atom. The van der Waals surface area contributed by atoms with Gasteiger partial charge in [-0.15, -0.1) is 0 Å². The molecule has 2 unspecified atom stereocenters. The molecular weight excluding hydrogens is 447 g/mol. The molecule has 0 aliphatic rings. The molecule has 3 aromatic rings. The number of benzene rings is 3. The van der Waals surface area contributed by atoms with E-state index in [4.69, 9.17) is 4.74 Å². The van der Waals surface area contributed by atoms with Crippen molar-refractivity contribution in [3.8, 4) is 11.5 Å². The van der Waals surface area contributed by atoms with Gasteiger partial charge in [-0.1, -0.05) is 58.4 Å². The summed E-state index contributed by atoms with van der Waals surface area (Å²) in [4.78, 5) is 0. The van der Waals surface area contributed by atoms with Gasteiger partial charge in [0.25, 0.3) is 0 Å². The normalized spacial score (nSPS) is 13.7. The fourth-order valence-electron chi connectivity index (χ4n) is 2.84. The first-order valence-corrected chi connectivity index (χ1v) is 9.69. The third-order valence-electron chi connectivity index (χ3n) is 4.25. The Bertz CT molecular complexity index is 935. The highest BCUT2D eigenvalue weighted by molar-refractivity contribution is 9.10. The molecule has 0 heterocycles. The van der Waals surface area contributed by atoms with Crippen molar-refractivity contribution in [2.75, 3.05) is 6.54 Å². The topological polar surface area (TPSA) is 41.5 Å². The van der Waals surface area contributed by atoms with E-state index in [9.17, 15) is 18.3 Å². The molecule has 29 heavy (non-hydrogen) atoms. The van der Waals surface area contributed by atoms with E-state index in [1.807, 2.05) is 48.5 Å². The molecule has 0 aliphatic carbocycles. The van der Waals surface area contributed by atoms with E-state index in [1.54, 1.807) is 30.3 Å². The van der Waals surface area contributed by atoms with Crippen molar-refractivity contribution in [3.63, 3.8) is 0 Å². The zero-order chi connectivity index (χ0) is 20.9. The summed E-state index contributed by atoms with van der Waals surface area (Å²) < 4.78 is 44.9. The zero-order valence-corrected chi connectivity index (χ0v) is 16.8. The highest BCUT2D eigenvalue weighted by Gasteiger charge is 2.38. The Kier molecular flexibility index (Phi) is 6.95. The number of para-hydroxylation sites is 1. The van der Waals surface area contributed by atoms with E-state index in [2.05, 4.69) is 21.2 Å². The molecule has 0 radical (unpaired) electrons. The molecule has 2 atom stereocenters. The predicted octanol–water partition coefficient (Wildman–Crippen LogP) is 5.84. The summed E-state index contributed by atoms with van der Waals surface area (Å²) in [6.07, 6.45) is -7.14. The maximum Gasteiger partial charge on any atom is 0.415 e. The average molecular weight is 466 g/mol. The van der Waals surface area contributed by atoms with Crippen LogP contribution in [0.5, 0.6) is 11.5 Å². The van der Waals surface area contributed by atoms with Crippen molar-refractivity contribution < 1.29 is 23.0 Å². The van der Waals surface area contributed by atoms with Crippen molar-refractivity contribution in [2.45, 2.75) is 18.3 Å². The minimum absolute atomic E-state index is 0.562. The first kappa shape index (κ1) is 21.4. The highest BCUT2D eigenvalue weighted by atomic mass is 79.9. The maximum absolute atomic E-state index is 12.8. The van der Waals surface area contributed by atoms with Crippen molar-refractivity contribution >= 4 is 15.9 Å². The van der Waals surface area contributed by atoms with Crippen molar-refractivity contribution in [3.05, 3.63) is 94.5 Å². The summed E-state index contributed by atoms with van der Waals surface area (Å²) in [5, 5.41) is 12.2. The van der Waals surface area contributed by atoms with Gasteiger partial charge in [0, 0.05) is 11.0 Å². The molecule has 3 aromatic carbocycles. The Morgan fingerprint density at radius 2 is 1.48 bits per heavy atom. The Labute approximate surface area is 175 Å². The van der Waals surface area contributed by atoms with Gasteiger partial charge in [-0.3, -0.25) is 0 Å². The SMILES string of the molecule is OC(CNC(c1cccc(Br)c1)c1cccc(Oc2ccccc2)c1)C(F)(F)F. The monoisotopic (exact) mass is 465 g/mol. The fourth-order valence-corrected chi connectivity index (χ4v) is 3.26. The van der Waals surface area contributed by atoms with Gasteiger partial charge in [0.15, 0.2) is 6.10 Å². The lowest BCUT2D eigenvalue weighted by atomic mass is 9.98. The zero-order valence-electron chi connectivity index (χ0n) is 15.2.